The molecule has 1 heterocycles. The van der Waals surface area contributed by atoms with E-state index in [9.17, 15) is 14.4 Å². The highest BCUT2D eigenvalue weighted by Crippen LogP contribution is 2.12. The maximum Gasteiger partial charge on any atom is 0.254 e. The third-order valence-electron chi connectivity index (χ3n) is 3.63. The van der Waals surface area contributed by atoms with Crippen LogP contribution in [0.2, 0.25) is 0 Å². The Labute approximate surface area is 152 Å². The molecule has 0 spiro atoms. The molecule has 2 rings (SSSR count). The Morgan fingerprint density at radius 2 is 1.92 bits per heavy atom. The molecule has 3 N–H and O–H groups in total. The quantitative estimate of drug-likeness (QED) is 0.675. The van der Waals surface area contributed by atoms with E-state index in [4.69, 9.17) is 4.42 Å². The molecule has 0 unspecified atom stereocenters. The summed E-state index contributed by atoms with van der Waals surface area (Å²) in [6.07, 6.45) is 2.94. The Hall–Kier alpha value is -3.09. The summed E-state index contributed by atoms with van der Waals surface area (Å²) in [6.45, 7) is 4.23. The Bertz CT molecular complexity index is 754. The molecule has 0 saturated heterocycles. The average Bonchev–Trinajstić information content (AvgIpc) is 3.15. The largest absolute Gasteiger partial charge is 0.472 e. The zero-order valence-electron chi connectivity index (χ0n) is 14.9. The summed E-state index contributed by atoms with van der Waals surface area (Å²) in [7, 11) is 0. The van der Waals surface area contributed by atoms with E-state index < -0.39 is 0 Å². The molecule has 26 heavy (non-hydrogen) atoms. The zero-order chi connectivity index (χ0) is 18.9. The third-order valence-corrected chi connectivity index (χ3v) is 3.63. The molecule has 0 radical (unpaired) electrons. The van der Waals surface area contributed by atoms with Crippen LogP contribution >= 0.6 is 0 Å². The second kappa shape index (κ2) is 9.41. The van der Waals surface area contributed by atoms with Crippen LogP contribution in [0.15, 0.2) is 47.3 Å². The Kier molecular flexibility index (Phi) is 6.96. The van der Waals surface area contributed by atoms with Crippen molar-refractivity contribution in [1.29, 1.82) is 0 Å². The second-order valence-electron chi connectivity index (χ2n) is 6.14. The number of hydrogen-bond donors (Lipinski definition) is 3. The summed E-state index contributed by atoms with van der Waals surface area (Å²) >= 11 is 0. The minimum Gasteiger partial charge on any atom is -0.472 e. The summed E-state index contributed by atoms with van der Waals surface area (Å²) in [4.78, 5) is 35.3. The topological polar surface area (TPSA) is 100 Å². The lowest BCUT2D eigenvalue weighted by Gasteiger charge is -2.10. The first-order valence-electron chi connectivity index (χ1n) is 8.42. The van der Waals surface area contributed by atoms with E-state index in [1.165, 1.54) is 12.5 Å². The fourth-order valence-electron chi connectivity index (χ4n) is 2.12. The molecule has 0 bridgehead atoms. The summed E-state index contributed by atoms with van der Waals surface area (Å²) in [5, 5.41) is 8.26. The van der Waals surface area contributed by atoms with Gasteiger partial charge in [-0.3, -0.25) is 14.4 Å². The number of nitrogens with one attached hydrogen (secondary N) is 3. The van der Waals surface area contributed by atoms with Gasteiger partial charge in [0.25, 0.3) is 5.91 Å². The number of benzene rings is 1. The molecular weight excluding hydrogens is 334 g/mol. The predicted molar refractivity (Wildman–Crippen MR) is 97.4 cm³/mol. The number of furan rings is 1. The summed E-state index contributed by atoms with van der Waals surface area (Å²) in [5.74, 6) is -0.607. The number of hydrogen-bond acceptors (Lipinski definition) is 4. The number of carbonyl (C=O) groups is 3. The molecule has 7 heteroatoms. The number of rotatable bonds is 8. The van der Waals surface area contributed by atoms with Gasteiger partial charge in [-0.15, -0.1) is 0 Å². The summed E-state index contributed by atoms with van der Waals surface area (Å²) < 4.78 is 4.83. The first kappa shape index (κ1) is 19.2. The van der Waals surface area contributed by atoms with Crippen LogP contribution in [0.5, 0.6) is 0 Å². The lowest BCUT2D eigenvalue weighted by Crippen LogP contribution is -2.30. The fraction of sp³-hybridized carbons (Fsp3) is 0.316. The van der Waals surface area contributed by atoms with Crippen LogP contribution in [0.1, 0.15) is 36.2 Å². The molecule has 138 valence electrons. The maximum atomic E-state index is 11.9. The first-order chi connectivity index (χ1) is 12.5. The van der Waals surface area contributed by atoms with Crippen LogP contribution in [-0.4, -0.2) is 24.3 Å². The van der Waals surface area contributed by atoms with Crippen LogP contribution in [-0.2, 0) is 16.1 Å². The van der Waals surface area contributed by atoms with Crippen LogP contribution in [0.25, 0.3) is 0 Å². The van der Waals surface area contributed by atoms with Gasteiger partial charge in [-0.1, -0.05) is 26.0 Å². The Morgan fingerprint density at radius 1 is 1.12 bits per heavy atom. The van der Waals surface area contributed by atoms with Crippen molar-refractivity contribution in [1.82, 2.24) is 10.6 Å². The lowest BCUT2D eigenvalue weighted by atomic mass is 10.1. The molecule has 1 aromatic heterocycles. The van der Waals surface area contributed by atoms with Crippen LogP contribution < -0.4 is 16.0 Å². The van der Waals surface area contributed by atoms with E-state index in [2.05, 4.69) is 16.0 Å². The van der Waals surface area contributed by atoms with Gasteiger partial charge in [0, 0.05) is 31.1 Å². The van der Waals surface area contributed by atoms with Crippen molar-refractivity contribution < 1.29 is 18.8 Å². The molecule has 0 aliphatic carbocycles. The van der Waals surface area contributed by atoms with Crippen molar-refractivity contribution >= 4 is 23.4 Å². The fourth-order valence-corrected chi connectivity index (χ4v) is 2.12. The monoisotopic (exact) mass is 357 g/mol. The number of amides is 3. The van der Waals surface area contributed by atoms with Crippen LogP contribution in [0.3, 0.4) is 0 Å². The van der Waals surface area contributed by atoms with Crippen LogP contribution in [0.4, 0.5) is 5.69 Å². The predicted octanol–water partition coefficient (Wildman–Crippen LogP) is 2.31. The minimum atomic E-state index is -0.278. The normalized spacial score (nSPS) is 10.4. The molecule has 0 fully saturated rings. The zero-order valence-corrected chi connectivity index (χ0v) is 14.9. The smallest absolute Gasteiger partial charge is 0.254 e. The second-order valence-corrected chi connectivity index (χ2v) is 6.14. The van der Waals surface area contributed by atoms with Gasteiger partial charge in [0.05, 0.1) is 11.8 Å². The van der Waals surface area contributed by atoms with Gasteiger partial charge in [0.1, 0.15) is 6.26 Å². The van der Waals surface area contributed by atoms with Gasteiger partial charge in [0.15, 0.2) is 0 Å². The third kappa shape index (κ3) is 6.08. The van der Waals surface area contributed by atoms with Gasteiger partial charge in [-0.05, 0) is 23.8 Å². The molecule has 0 saturated carbocycles. The van der Waals surface area contributed by atoms with Gasteiger partial charge < -0.3 is 20.4 Å². The van der Waals surface area contributed by atoms with Gasteiger partial charge in [0.2, 0.25) is 11.8 Å². The van der Waals surface area contributed by atoms with E-state index in [0.717, 1.165) is 5.56 Å². The highest BCUT2D eigenvalue weighted by Gasteiger charge is 2.09. The van der Waals surface area contributed by atoms with Gasteiger partial charge >= 0.3 is 0 Å². The Balaban J connectivity index is 1.73. The number of carbonyl (C=O) groups excluding carboxylic acids is 3. The van der Waals surface area contributed by atoms with Crippen molar-refractivity contribution in [2.45, 2.75) is 26.8 Å². The van der Waals surface area contributed by atoms with E-state index in [1.54, 1.807) is 12.1 Å². The van der Waals surface area contributed by atoms with Gasteiger partial charge in [-0.2, -0.15) is 0 Å². The summed E-state index contributed by atoms with van der Waals surface area (Å²) in [6, 6.07) is 8.87. The highest BCUT2D eigenvalue weighted by molar-refractivity contribution is 5.94. The lowest BCUT2D eigenvalue weighted by molar-refractivity contribution is -0.121. The molecule has 7 nitrogen and oxygen atoms in total. The molecule has 0 aliphatic rings. The molecule has 3 amide bonds. The van der Waals surface area contributed by atoms with Crippen molar-refractivity contribution in [3.8, 4) is 0 Å². The van der Waals surface area contributed by atoms with E-state index in [0.29, 0.717) is 17.8 Å². The maximum absolute atomic E-state index is 11.9. The SMILES string of the molecule is CC(C)C(=O)Nc1cccc(CNC(=O)CCNC(=O)c2ccoc2)c1. The molecule has 0 atom stereocenters. The molecule has 2 aromatic rings. The van der Waals surface area contributed by atoms with E-state index in [1.807, 2.05) is 32.0 Å². The number of anilines is 1. The van der Waals surface area contributed by atoms with Gasteiger partial charge in [-0.25, -0.2) is 0 Å². The first-order valence-corrected chi connectivity index (χ1v) is 8.42. The molecule has 0 aliphatic heterocycles. The van der Waals surface area contributed by atoms with Crippen molar-refractivity contribution in [2.75, 3.05) is 11.9 Å². The van der Waals surface area contributed by atoms with E-state index >= 15 is 0 Å². The minimum absolute atomic E-state index is 0.0560. The Morgan fingerprint density at radius 3 is 2.62 bits per heavy atom. The van der Waals surface area contributed by atoms with Crippen molar-refractivity contribution in [2.24, 2.45) is 5.92 Å². The van der Waals surface area contributed by atoms with Crippen molar-refractivity contribution in [3.05, 3.63) is 54.0 Å². The highest BCUT2D eigenvalue weighted by atomic mass is 16.3. The average molecular weight is 357 g/mol. The molecule has 1 aromatic carbocycles. The summed E-state index contributed by atoms with van der Waals surface area (Å²) in [5.41, 5.74) is 2.00. The van der Waals surface area contributed by atoms with Crippen LogP contribution in [0, 0.1) is 5.92 Å². The van der Waals surface area contributed by atoms with Crippen molar-refractivity contribution in [3.63, 3.8) is 0 Å². The van der Waals surface area contributed by atoms with E-state index in [-0.39, 0.29) is 36.6 Å². The molecular formula is C19H23N3O4. The standard InChI is InChI=1S/C19H23N3O4/c1-13(2)18(24)22-16-5-3-4-14(10-16)11-21-17(23)6-8-20-19(25)15-7-9-26-12-15/h3-5,7,9-10,12-13H,6,8,11H2,1-2H3,(H,20,25)(H,21,23)(H,22,24).